The summed E-state index contributed by atoms with van der Waals surface area (Å²) in [7, 11) is 1.63. The highest BCUT2D eigenvalue weighted by atomic mass is 35.5. The Morgan fingerprint density at radius 2 is 2.00 bits per heavy atom. The molecule has 0 aliphatic rings. The molecule has 1 N–H and O–H groups in total. The van der Waals surface area contributed by atoms with Crippen molar-refractivity contribution in [1.29, 1.82) is 0 Å². The zero-order valence-corrected chi connectivity index (χ0v) is 9.53. The molecule has 0 fully saturated rings. The number of benzene rings is 1. The summed E-state index contributed by atoms with van der Waals surface area (Å²) in [6.07, 6.45) is 1.60. The number of halogens is 1. The Hall–Kier alpha value is -1.74. The van der Waals surface area contributed by atoms with Gasteiger partial charge in [0.25, 0.3) is 0 Å². The first-order chi connectivity index (χ1) is 7.79. The quantitative estimate of drug-likeness (QED) is 0.883. The van der Waals surface area contributed by atoms with Crippen molar-refractivity contribution >= 4 is 23.1 Å². The van der Waals surface area contributed by atoms with E-state index in [-0.39, 0.29) is 0 Å². The van der Waals surface area contributed by atoms with E-state index in [9.17, 15) is 0 Å². The zero-order valence-electron chi connectivity index (χ0n) is 8.77. The van der Waals surface area contributed by atoms with Gasteiger partial charge in [0.15, 0.2) is 0 Å². The molecular formula is C12H11ClN2O. The fourth-order valence-electron chi connectivity index (χ4n) is 1.34. The van der Waals surface area contributed by atoms with Gasteiger partial charge in [0.05, 0.1) is 17.8 Å². The third kappa shape index (κ3) is 2.44. The number of nitrogens with zero attached hydrogens (tertiary/aromatic N) is 1. The molecule has 0 saturated carbocycles. The van der Waals surface area contributed by atoms with E-state index in [0.717, 1.165) is 17.3 Å². The smallest absolute Gasteiger partial charge is 0.142 e. The topological polar surface area (TPSA) is 34.1 Å². The van der Waals surface area contributed by atoms with Crippen LogP contribution in [0.15, 0.2) is 42.6 Å². The van der Waals surface area contributed by atoms with E-state index in [1.807, 2.05) is 30.3 Å². The van der Waals surface area contributed by atoms with Gasteiger partial charge in [0.1, 0.15) is 11.6 Å². The Morgan fingerprint density at radius 1 is 1.19 bits per heavy atom. The molecule has 1 aromatic heterocycles. The molecule has 0 saturated heterocycles. The Morgan fingerprint density at radius 3 is 2.69 bits per heavy atom. The predicted molar refractivity (Wildman–Crippen MR) is 65.5 cm³/mol. The number of rotatable bonds is 3. The van der Waals surface area contributed by atoms with Crippen molar-refractivity contribution < 1.29 is 4.74 Å². The van der Waals surface area contributed by atoms with Crippen molar-refractivity contribution in [3.8, 4) is 5.75 Å². The van der Waals surface area contributed by atoms with Gasteiger partial charge < -0.3 is 10.1 Å². The molecular weight excluding hydrogens is 224 g/mol. The van der Waals surface area contributed by atoms with E-state index in [0.29, 0.717) is 5.02 Å². The van der Waals surface area contributed by atoms with Gasteiger partial charge in [-0.2, -0.15) is 0 Å². The molecule has 0 unspecified atom stereocenters. The van der Waals surface area contributed by atoms with Crippen LogP contribution >= 0.6 is 11.6 Å². The SMILES string of the molecule is COc1ccccc1Nc1ccc(Cl)cn1. The van der Waals surface area contributed by atoms with Crippen molar-refractivity contribution in [2.24, 2.45) is 0 Å². The maximum atomic E-state index is 5.76. The lowest BCUT2D eigenvalue weighted by atomic mass is 10.3. The van der Waals surface area contributed by atoms with Gasteiger partial charge in [-0.15, -0.1) is 0 Å². The summed E-state index contributed by atoms with van der Waals surface area (Å²) in [5, 5.41) is 3.77. The van der Waals surface area contributed by atoms with Gasteiger partial charge in [-0.3, -0.25) is 0 Å². The van der Waals surface area contributed by atoms with Crippen LogP contribution in [0, 0.1) is 0 Å². The second-order valence-corrected chi connectivity index (χ2v) is 3.62. The lowest BCUT2D eigenvalue weighted by Crippen LogP contribution is -1.95. The minimum atomic E-state index is 0.616. The molecule has 0 aliphatic heterocycles. The average molecular weight is 235 g/mol. The third-order valence-electron chi connectivity index (χ3n) is 2.10. The van der Waals surface area contributed by atoms with Crippen LogP contribution in [0.25, 0.3) is 0 Å². The Labute approximate surface area is 99.0 Å². The number of hydrogen-bond donors (Lipinski definition) is 1. The van der Waals surface area contributed by atoms with Crippen LogP contribution in [-0.2, 0) is 0 Å². The molecule has 3 nitrogen and oxygen atoms in total. The van der Waals surface area contributed by atoms with Crippen molar-refractivity contribution in [1.82, 2.24) is 4.98 Å². The van der Waals surface area contributed by atoms with Crippen LogP contribution < -0.4 is 10.1 Å². The fraction of sp³-hybridized carbons (Fsp3) is 0.0833. The maximum absolute atomic E-state index is 5.76. The number of hydrogen-bond acceptors (Lipinski definition) is 3. The number of pyridine rings is 1. The van der Waals surface area contributed by atoms with E-state index in [4.69, 9.17) is 16.3 Å². The summed E-state index contributed by atoms with van der Waals surface area (Å²) in [5.74, 6) is 1.51. The normalized spacial score (nSPS) is 9.88. The number of aromatic nitrogens is 1. The van der Waals surface area contributed by atoms with Gasteiger partial charge in [-0.25, -0.2) is 4.98 Å². The van der Waals surface area contributed by atoms with Crippen molar-refractivity contribution in [3.05, 3.63) is 47.6 Å². The number of nitrogens with one attached hydrogen (secondary N) is 1. The van der Waals surface area contributed by atoms with E-state index in [1.165, 1.54) is 0 Å². The van der Waals surface area contributed by atoms with E-state index >= 15 is 0 Å². The van der Waals surface area contributed by atoms with Crippen molar-refractivity contribution in [2.45, 2.75) is 0 Å². The second kappa shape index (κ2) is 4.86. The lowest BCUT2D eigenvalue weighted by molar-refractivity contribution is 0.417. The highest BCUT2D eigenvalue weighted by Gasteiger charge is 2.01. The van der Waals surface area contributed by atoms with Crippen LogP contribution in [0.1, 0.15) is 0 Å². The van der Waals surface area contributed by atoms with Crippen LogP contribution in [0.4, 0.5) is 11.5 Å². The summed E-state index contributed by atoms with van der Waals surface area (Å²) >= 11 is 5.76. The van der Waals surface area contributed by atoms with Gasteiger partial charge >= 0.3 is 0 Å². The zero-order chi connectivity index (χ0) is 11.4. The molecule has 0 aliphatic carbocycles. The van der Waals surface area contributed by atoms with E-state index in [1.54, 1.807) is 19.4 Å². The Balaban J connectivity index is 2.23. The second-order valence-electron chi connectivity index (χ2n) is 3.19. The summed E-state index contributed by atoms with van der Waals surface area (Å²) in [6, 6.07) is 11.3. The Bertz CT molecular complexity index is 471. The molecule has 0 spiro atoms. The highest BCUT2D eigenvalue weighted by molar-refractivity contribution is 6.30. The predicted octanol–water partition coefficient (Wildman–Crippen LogP) is 3.49. The molecule has 2 aromatic rings. The average Bonchev–Trinajstić information content (AvgIpc) is 2.33. The first-order valence-corrected chi connectivity index (χ1v) is 5.19. The number of anilines is 2. The third-order valence-corrected chi connectivity index (χ3v) is 2.32. The number of para-hydroxylation sites is 2. The van der Waals surface area contributed by atoms with Crippen LogP contribution in [0.3, 0.4) is 0 Å². The molecule has 0 radical (unpaired) electrons. The Kier molecular flexibility index (Phi) is 3.27. The van der Waals surface area contributed by atoms with Crippen LogP contribution in [0.2, 0.25) is 5.02 Å². The van der Waals surface area contributed by atoms with Crippen LogP contribution in [-0.4, -0.2) is 12.1 Å². The number of methoxy groups -OCH3 is 1. The lowest BCUT2D eigenvalue weighted by Gasteiger charge is -2.09. The highest BCUT2D eigenvalue weighted by Crippen LogP contribution is 2.26. The maximum Gasteiger partial charge on any atom is 0.142 e. The van der Waals surface area contributed by atoms with Crippen LogP contribution in [0.5, 0.6) is 5.75 Å². The summed E-state index contributed by atoms with van der Waals surface area (Å²) in [5.41, 5.74) is 0.875. The molecule has 1 aromatic carbocycles. The van der Waals surface area contributed by atoms with E-state index in [2.05, 4.69) is 10.3 Å². The molecule has 1 heterocycles. The first-order valence-electron chi connectivity index (χ1n) is 4.81. The first kappa shape index (κ1) is 10.8. The van der Waals surface area contributed by atoms with Gasteiger partial charge in [-0.05, 0) is 24.3 Å². The van der Waals surface area contributed by atoms with Crippen molar-refractivity contribution in [3.63, 3.8) is 0 Å². The minimum absolute atomic E-state index is 0.616. The minimum Gasteiger partial charge on any atom is -0.495 e. The van der Waals surface area contributed by atoms with Gasteiger partial charge in [0, 0.05) is 6.20 Å². The standard InChI is InChI=1S/C12H11ClN2O/c1-16-11-5-3-2-4-10(11)15-12-7-6-9(13)8-14-12/h2-8H,1H3,(H,14,15). The molecule has 82 valence electrons. The molecule has 16 heavy (non-hydrogen) atoms. The molecule has 2 rings (SSSR count). The fourth-order valence-corrected chi connectivity index (χ4v) is 1.45. The molecule has 0 bridgehead atoms. The van der Waals surface area contributed by atoms with E-state index < -0.39 is 0 Å². The number of ether oxygens (including phenoxy) is 1. The monoisotopic (exact) mass is 234 g/mol. The summed E-state index contributed by atoms with van der Waals surface area (Å²) in [6.45, 7) is 0. The molecule has 4 heteroatoms. The largest absolute Gasteiger partial charge is 0.495 e. The molecule has 0 atom stereocenters. The summed E-state index contributed by atoms with van der Waals surface area (Å²) < 4.78 is 5.22. The van der Waals surface area contributed by atoms with Gasteiger partial charge in [0.2, 0.25) is 0 Å². The van der Waals surface area contributed by atoms with Gasteiger partial charge in [-0.1, -0.05) is 23.7 Å². The van der Waals surface area contributed by atoms with Crippen molar-refractivity contribution in [2.75, 3.05) is 12.4 Å². The summed E-state index contributed by atoms with van der Waals surface area (Å²) in [4.78, 5) is 4.15. The molecule has 0 amide bonds.